The van der Waals surface area contributed by atoms with E-state index < -0.39 is 0 Å². The highest BCUT2D eigenvalue weighted by molar-refractivity contribution is 14.0. The van der Waals surface area contributed by atoms with E-state index in [-0.39, 0.29) is 36.1 Å². The van der Waals surface area contributed by atoms with Crippen LogP contribution in [0.25, 0.3) is 0 Å². The van der Waals surface area contributed by atoms with Crippen LogP contribution in [0.5, 0.6) is 0 Å². The van der Waals surface area contributed by atoms with Gasteiger partial charge in [-0.2, -0.15) is 5.10 Å². The van der Waals surface area contributed by atoms with Crippen molar-refractivity contribution in [1.29, 1.82) is 0 Å². The number of likely N-dealkylation sites (N-methyl/N-ethyl adjacent to an activating group) is 1. The van der Waals surface area contributed by atoms with Crippen molar-refractivity contribution in [3.63, 3.8) is 0 Å². The number of aromatic nitrogens is 2. The fourth-order valence-corrected chi connectivity index (χ4v) is 3.11. The highest BCUT2D eigenvalue weighted by Gasteiger charge is 2.18. The highest BCUT2D eigenvalue weighted by Crippen LogP contribution is 2.17. The van der Waals surface area contributed by atoms with Crippen LogP contribution >= 0.6 is 24.0 Å². The Hall–Kier alpha value is -1.55. The zero-order valence-corrected chi connectivity index (χ0v) is 19.7. The van der Waals surface area contributed by atoms with Crippen molar-refractivity contribution in [1.82, 2.24) is 25.3 Å². The molecule has 152 valence electrons. The van der Waals surface area contributed by atoms with Crippen LogP contribution in [0.15, 0.2) is 27.8 Å². The molecule has 2 heterocycles. The number of aliphatic imine (C=N–C) groups is 1. The normalized spacial score (nSPS) is 14.0. The van der Waals surface area contributed by atoms with E-state index in [1.165, 1.54) is 11.3 Å². The Kier molecular flexibility index (Phi) is 9.31. The van der Waals surface area contributed by atoms with E-state index in [0.29, 0.717) is 6.54 Å². The van der Waals surface area contributed by atoms with E-state index in [0.717, 1.165) is 23.8 Å². The molecule has 0 bridgehead atoms. The van der Waals surface area contributed by atoms with Crippen LogP contribution in [0.4, 0.5) is 0 Å². The largest absolute Gasteiger partial charge is 0.468 e. The molecule has 2 aromatic rings. The average Bonchev–Trinajstić information content (AvgIpc) is 3.18. The second-order valence-electron chi connectivity index (χ2n) is 6.97. The van der Waals surface area contributed by atoms with Crippen LogP contribution in [0, 0.1) is 13.8 Å². The summed E-state index contributed by atoms with van der Waals surface area (Å²) in [5.74, 6) is 1.72. The Bertz CT molecular complexity index is 723. The van der Waals surface area contributed by atoms with Crippen molar-refractivity contribution >= 4 is 29.9 Å². The van der Waals surface area contributed by atoms with Crippen molar-refractivity contribution in [3.05, 3.63) is 41.1 Å². The van der Waals surface area contributed by atoms with Gasteiger partial charge in [0.2, 0.25) is 0 Å². The van der Waals surface area contributed by atoms with Gasteiger partial charge in [0.25, 0.3) is 0 Å². The molecule has 0 spiro atoms. The molecule has 2 aromatic heterocycles. The average molecular weight is 488 g/mol. The molecule has 0 aliphatic heterocycles. The van der Waals surface area contributed by atoms with Gasteiger partial charge in [0.1, 0.15) is 5.76 Å². The van der Waals surface area contributed by atoms with Crippen LogP contribution in [-0.4, -0.2) is 54.4 Å². The van der Waals surface area contributed by atoms with E-state index in [2.05, 4.69) is 46.4 Å². The summed E-state index contributed by atoms with van der Waals surface area (Å²) in [6, 6.07) is 4.30. The van der Waals surface area contributed by atoms with Gasteiger partial charge < -0.3 is 15.1 Å². The smallest absolute Gasteiger partial charge is 0.191 e. The Morgan fingerprint density at radius 2 is 2.07 bits per heavy atom. The first kappa shape index (κ1) is 23.5. The molecule has 0 fully saturated rings. The quantitative estimate of drug-likeness (QED) is 0.356. The Morgan fingerprint density at radius 3 is 2.56 bits per heavy atom. The van der Waals surface area contributed by atoms with Gasteiger partial charge in [-0.05, 0) is 59.0 Å². The molecule has 27 heavy (non-hydrogen) atoms. The van der Waals surface area contributed by atoms with Crippen molar-refractivity contribution in [2.45, 2.75) is 39.3 Å². The lowest BCUT2D eigenvalue weighted by atomic mass is 10.1. The second-order valence-corrected chi connectivity index (χ2v) is 6.97. The first-order valence-electron chi connectivity index (χ1n) is 8.99. The van der Waals surface area contributed by atoms with Crippen LogP contribution < -0.4 is 10.6 Å². The van der Waals surface area contributed by atoms with Crippen molar-refractivity contribution < 1.29 is 4.42 Å². The second kappa shape index (κ2) is 10.7. The van der Waals surface area contributed by atoms with Gasteiger partial charge in [-0.25, -0.2) is 0 Å². The SMILES string of the molecule is CN=C(NCC(c1ccco1)N(C)C)NC(C)Cc1c(C)nn(C)c1C.I. The third-order valence-electron chi connectivity index (χ3n) is 4.73. The predicted molar refractivity (Wildman–Crippen MR) is 121 cm³/mol. The number of guanidine groups is 1. The number of aryl methyl sites for hydroxylation is 2. The van der Waals surface area contributed by atoms with Crippen LogP contribution in [0.3, 0.4) is 0 Å². The van der Waals surface area contributed by atoms with Gasteiger partial charge >= 0.3 is 0 Å². The molecular weight excluding hydrogens is 455 g/mol. The third kappa shape index (κ3) is 6.24. The predicted octanol–water partition coefficient (Wildman–Crippen LogP) is 2.65. The van der Waals surface area contributed by atoms with Crippen molar-refractivity contribution in [2.24, 2.45) is 12.0 Å². The number of rotatable bonds is 7. The summed E-state index contributed by atoms with van der Waals surface area (Å²) < 4.78 is 7.50. The van der Waals surface area contributed by atoms with E-state index in [4.69, 9.17) is 4.42 Å². The summed E-state index contributed by atoms with van der Waals surface area (Å²) in [5, 5.41) is 11.4. The minimum absolute atomic E-state index is 0. The highest BCUT2D eigenvalue weighted by atomic mass is 127. The third-order valence-corrected chi connectivity index (χ3v) is 4.73. The first-order chi connectivity index (χ1) is 12.3. The maximum absolute atomic E-state index is 5.56. The van der Waals surface area contributed by atoms with Gasteiger partial charge in [0.15, 0.2) is 5.96 Å². The van der Waals surface area contributed by atoms with Crippen LogP contribution in [0.2, 0.25) is 0 Å². The van der Waals surface area contributed by atoms with Gasteiger partial charge in [-0.15, -0.1) is 24.0 Å². The fraction of sp³-hybridized carbons (Fsp3) is 0.579. The minimum Gasteiger partial charge on any atom is -0.468 e. The first-order valence-corrected chi connectivity index (χ1v) is 8.99. The summed E-state index contributed by atoms with van der Waals surface area (Å²) >= 11 is 0. The zero-order valence-electron chi connectivity index (χ0n) is 17.4. The van der Waals surface area contributed by atoms with Crippen LogP contribution in [0.1, 0.15) is 35.7 Å². The summed E-state index contributed by atoms with van der Waals surface area (Å²) in [5.41, 5.74) is 3.60. The number of halogens is 1. The fourth-order valence-electron chi connectivity index (χ4n) is 3.11. The molecule has 0 aliphatic rings. The van der Waals surface area contributed by atoms with Crippen LogP contribution in [-0.2, 0) is 13.5 Å². The number of hydrogen-bond donors (Lipinski definition) is 2. The number of nitrogens with one attached hydrogen (secondary N) is 2. The summed E-state index contributed by atoms with van der Waals surface area (Å²) in [6.07, 6.45) is 2.61. The maximum atomic E-state index is 5.56. The monoisotopic (exact) mass is 488 g/mol. The number of furan rings is 1. The molecule has 0 radical (unpaired) electrons. The lowest BCUT2D eigenvalue weighted by molar-refractivity contribution is 0.258. The molecule has 0 amide bonds. The van der Waals surface area contributed by atoms with Gasteiger partial charge in [0, 0.05) is 32.4 Å². The maximum Gasteiger partial charge on any atom is 0.191 e. The van der Waals surface area contributed by atoms with E-state index >= 15 is 0 Å². The Morgan fingerprint density at radius 1 is 1.37 bits per heavy atom. The number of hydrogen-bond acceptors (Lipinski definition) is 4. The lowest BCUT2D eigenvalue weighted by Gasteiger charge is -2.25. The zero-order chi connectivity index (χ0) is 19.3. The van der Waals surface area contributed by atoms with Crippen molar-refractivity contribution in [3.8, 4) is 0 Å². The molecule has 0 saturated heterocycles. The molecule has 0 saturated carbocycles. The molecule has 2 N–H and O–H groups in total. The van der Waals surface area contributed by atoms with Gasteiger partial charge in [-0.3, -0.25) is 14.6 Å². The summed E-state index contributed by atoms with van der Waals surface area (Å²) in [7, 11) is 7.86. The molecule has 8 heteroatoms. The molecule has 7 nitrogen and oxygen atoms in total. The molecule has 0 aliphatic carbocycles. The van der Waals surface area contributed by atoms with Gasteiger partial charge in [-0.1, -0.05) is 0 Å². The van der Waals surface area contributed by atoms with E-state index in [9.17, 15) is 0 Å². The molecule has 2 rings (SSSR count). The molecule has 2 atom stereocenters. The minimum atomic E-state index is 0. The topological polar surface area (TPSA) is 70.6 Å². The molecule has 2 unspecified atom stereocenters. The molecule has 0 aromatic carbocycles. The van der Waals surface area contributed by atoms with Crippen molar-refractivity contribution in [2.75, 3.05) is 27.7 Å². The Balaban J connectivity index is 0.00000364. The summed E-state index contributed by atoms with van der Waals surface area (Å²) in [6.45, 7) is 7.04. The van der Waals surface area contributed by atoms with E-state index in [1.54, 1.807) is 13.3 Å². The molecular formula is C19H33IN6O. The number of nitrogens with zero attached hydrogens (tertiary/aromatic N) is 4. The summed E-state index contributed by atoms with van der Waals surface area (Å²) in [4.78, 5) is 6.49. The standard InChI is InChI=1S/C19H32N6O.HI/c1-13(11-16-14(2)23-25(7)15(16)3)22-19(20-4)21-12-17(24(5)6)18-9-8-10-26-18;/h8-10,13,17H,11-12H2,1-7H3,(H2,20,21,22);1H. The lowest BCUT2D eigenvalue weighted by Crippen LogP contribution is -2.45. The Labute approximate surface area is 179 Å². The van der Waals surface area contributed by atoms with Gasteiger partial charge in [0.05, 0.1) is 18.0 Å². The van der Waals surface area contributed by atoms with E-state index in [1.807, 2.05) is 38.0 Å².